The molecule has 2 aromatic heterocycles. The van der Waals surface area contributed by atoms with E-state index >= 15 is 0 Å². The number of H-pyrrole nitrogens is 1. The van der Waals surface area contributed by atoms with Crippen LogP contribution < -0.4 is 10.2 Å². The van der Waals surface area contributed by atoms with Crippen LogP contribution in [0, 0.1) is 0 Å². The van der Waals surface area contributed by atoms with Crippen molar-refractivity contribution in [2.75, 3.05) is 62.7 Å². The van der Waals surface area contributed by atoms with Crippen molar-refractivity contribution in [3.63, 3.8) is 0 Å². The maximum Gasteiger partial charge on any atom is 0.142 e. The summed E-state index contributed by atoms with van der Waals surface area (Å²) in [5.74, 6) is 0.814. The molecule has 2 aliphatic rings. The first-order valence-electron chi connectivity index (χ1n) is 12.6. The molecule has 0 bridgehead atoms. The fourth-order valence-corrected chi connectivity index (χ4v) is 5.37. The minimum absolute atomic E-state index is 0.704. The fraction of sp³-hybridized carbons (Fsp3) is 0.407. The van der Waals surface area contributed by atoms with Gasteiger partial charge in [-0.25, -0.2) is 4.98 Å². The second kappa shape index (κ2) is 10.0. The number of piperidine rings is 1. The number of fused-ring (bicyclic) bond motifs is 2. The lowest BCUT2D eigenvalue weighted by molar-refractivity contribution is 0.122. The molecule has 0 spiro atoms. The minimum Gasteiger partial charge on any atom is -0.383 e. The number of morpholine rings is 1. The number of rotatable bonds is 6. The van der Waals surface area contributed by atoms with Crippen LogP contribution in [0.15, 0.2) is 42.6 Å². The van der Waals surface area contributed by atoms with Gasteiger partial charge in [-0.15, -0.1) is 0 Å². The average molecular weight is 491 g/mol. The second-order valence-corrected chi connectivity index (χ2v) is 9.86. The molecule has 0 unspecified atom stereocenters. The Kier molecular flexibility index (Phi) is 6.46. The highest BCUT2D eigenvalue weighted by atomic mass is 35.5. The first-order chi connectivity index (χ1) is 17.2. The van der Waals surface area contributed by atoms with E-state index in [-0.39, 0.29) is 0 Å². The van der Waals surface area contributed by atoms with Crippen LogP contribution >= 0.6 is 11.6 Å². The van der Waals surface area contributed by atoms with Crippen LogP contribution in [0.5, 0.6) is 0 Å². The third-order valence-corrected chi connectivity index (χ3v) is 7.34. The lowest BCUT2D eigenvalue weighted by atomic mass is 10.1. The van der Waals surface area contributed by atoms with E-state index in [1.54, 1.807) is 0 Å². The van der Waals surface area contributed by atoms with Gasteiger partial charge in [0.15, 0.2) is 0 Å². The summed E-state index contributed by atoms with van der Waals surface area (Å²) in [4.78, 5) is 18.1. The molecular weight excluding hydrogens is 460 g/mol. The number of nitrogens with one attached hydrogen (secondary N) is 2. The van der Waals surface area contributed by atoms with E-state index in [0.717, 1.165) is 78.4 Å². The highest BCUT2D eigenvalue weighted by Crippen LogP contribution is 2.35. The average Bonchev–Trinajstić information content (AvgIpc) is 3.33. The summed E-state index contributed by atoms with van der Waals surface area (Å²) in [6, 6.07) is 12.3. The van der Waals surface area contributed by atoms with E-state index in [4.69, 9.17) is 26.3 Å². The van der Waals surface area contributed by atoms with Crippen LogP contribution in [0.2, 0.25) is 5.02 Å². The Morgan fingerprint density at radius 1 is 0.971 bits per heavy atom. The number of hydrogen-bond donors (Lipinski definition) is 2. The number of aromatic nitrogens is 3. The van der Waals surface area contributed by atoms with E-state index in [9.17, 15) is 0 Å². The van der Waals surface area contributed by atoms with Crippen LogP contribution in [0.3, 0.4) is 0 Å². The topological polar surface area (TPSA) is 69.3 Å². The standard InChI is InChI=1S/C27H31ClN6O/c28-19-4-6-23-21(16-19)26(29-8-11-33-9-2-1-3-10-33)22(18-30-23)27-31-24-7-5-20(17-25(24)32-27)34-12-14-35-15-13-34/h4-7,16-18H,1-3,8-15H2,(H,29,30)(H,31,32). The zero-order chi connectivity index (χ0) is 23.6. The molecule has 35 heavy (non-hydrogen) atoms. The number of imidazole rings is 1. The summed E-state index contributed by atoms with van der Waals surface area (Å²) in [5, 5.41) is 5.44. The Morgan fingerprint density at radius 3 is 2.66 bits per heavy atom. The summed E-state index contributed by atoms with van der Waals surface area (Å²) < 4.78 is 5.51. The molecule has 4 heterocycles. The first-order valence-corrected chi connectivity index (χ1v) is 13.0. The number of likely N-dealkylation sites (tertiary alicyclic amines) is 1. The summed E-state index contributed by atoms with van der Waals surface area (Å²) >= 11 is 6.40. The van der Waals surface area contributed by atoms with Gasteiger partial charge in [-0.3, -0.25) is 4.98 Å². The Balaban J connectivity index is 1.34. The Labute approximate surface area is 210 Å². The third-order valence-electron chi connectivity index (χ3n) is 7.11. The Hall–Kier alpha value is -2.87. The number of halogens is 1. The van der Waals surface area contributed by atoms with Gasteiger partial charge >= 0.3 is 0 Å². The highest BCUT2D eigenvalue weighted by Gasteiger charge is 2.17. The van der Waals surface area contributed by atoms with Gasteiger partial charge < -0.3 is 24.8 Å². The molecule has 4 aromatic rings. The van der Waals surface area contributed by atoms with Gasteiger partial charge in [0.25, 0.3) is 0 Å². The van der Waals surface area contributed by atoms with Gasteiger partial charge in [0.2, 0.25) is 0 Å². The summed E-state index contributed by atoms with van der Waals surface area (Å²) in [6.45, 7) is 7.61. The first kappa shape index (κ1) is 22.6. The van der Waals surface area contributed by atoms with Crippen LogP contribution in [0.4, 0.5) is 11.4 Å². The van der Waals surface area contributed by atoms with Crippen molar-refractivity contribution in [1.82, 2.24) is 19.9 Å². The molecule has 2 aromatic carbocycles. The zero-order valence-electron chi connectivity index (χ0n) is 19.9. The van der Waals surface area contributed by atoms with Gasteiger partial charge in [-0.1, -0.05) is 18.0 Å². The molecule has 2 aliphatic heterocycles. The summed E-state index contributed by atoms with van der Waals surface area (Å²) in [6.07, 6.45) is 5.86. The van der Waals surface area contributed by atoms with Crippen molar-refractivity contribution < 1.29 is 4.74 Å². The number of aromatic amines is 1. The minimum atomic E-state index is 0.704. The number of nitrogens with zero attached hydrogens (tertiary/aromatic N) is 4. The molecule has 8 heteroatoms. The van der Waals surface area contributed by atoms with E-state index < -0.39 is 0 Å². The SMILES string of the molecule is Clc1ccc2ncc(-c3nc4ccc(N5CCOCC5)cc4[nH]3)c(NCCN3CCCCC3)c2c1. The molecule has 0 aliphatic carbocycles. The van der Waals surface area contributed by atoms with Crippen molar-refractivity contribution in [2.45, 2.75) is 19.3 Å². The fourth-order valence-electron chi connectivity index (χ4n) is 5.20. The molecule has 2 fully saturated rings. The molecule has 182 valence electrons. The van der Waals surface area contributed by atoms with Crippen molar-refractivity contribution in [1.29, 1.82) is 0 Å². The van der Waals surface area contributed by atoms with Crippen molar-refractivity contribution in [3.05, 3.63) is 47.6 Å². The zero-order valence-corrected chi connectivity index (χ0v) is 20.7. The number of ether oxygens (including phenoxy) is 1. The molecule has 2 saturated heterocycles. The maximum absolute atomic E-state index is 6.40. The number of anilines is 2. The smallest absolute Gasteiger partial charge is 0.142 e. The Bertz CT molecular complexity index is 1330. The normalized spacial score (nSPS) is 17.3. The van der Waals surface area contributed by atoms with E-state index in [1.807, 2.05) is 24.4 Å². The summed E-state index contributed by atoms with van der Waals surface area (Å²) in [5.41, 5.74) is 6.07. The molecule has 2 N–H and O–H groups in total. The molecule has 0 radical (unpaired) electrons. The number of benzene rings is 2. The van der Waals surface area contributed by atoms with Gasteiger partial charge in [-0.2, -0.15) is 0 Å². The van der Waals surface area contributed by atoms with Crippen LogP contribution in [-0.4, -0.2) is 72.3 Å². The maximum atomic E-state index is 6.40. The van der Waals surface area contributed by atoms with Crippen molar-refractivity contribution in [2.24, 2.45) is 0 Å². The van der Waals surface area contributed by atoms with Gasteiger partial charge in [0.05, 0.1) is 41.0 Å². The largest absolute Gasteiger partial charge is 0.383 e. The third kappa shape index (κ3) is 4.81. The van der Waals surface area contributed by atoms with Crippen LogP contribution in [0.1, 0.15) is 19.3 Å². The molecule has 0 amide bonds. The lowest BCUT2D eigenvalue weighted by Gasteiger charge is -2.28. The van der Waals surface area contributed by atoms with E-state index in [1.165, 1.54) is 38.0 Å². The quantitative estimate of drug-likeness (QED) is 0.389. The van der Waals surface area contributed by atoms with E-state index in [2.05, 4.69) is 38.3 Å². The van der Waals surface area contributed by atoms with Gasteiger partial charge in [0, 0.05) is 48.5 Å². The van der Waals surface area contributed by atoms with Crippen LogP contribution in [0.25, 0.3) is 33.3 Å². The van der Waals surface area contributed by atoms with Crippen molar-refractivity contribution >= 4 is 44.9 Å². The molecular formula is C27H31ClN6O. The second-order valence-electron chi connectivity index (χ2n) is 9.42. The predicted molar refractivity (Wildman–Crippen MR) is 144 cm³/mol. The highest BCUT2D eigenvalue weighted by molar-refractivity contribution is 6.31. The molecule has 6 rings (SSSR count). The molecule has 7 nitrogen and oxygen atoms in total. The predicted octanol–water partition coefficient (Wildman–Crippen LogP) is 5.17. The van der Waals surface area contributed by atoms with E-state index in [0.29, 0.717) is 5.02 Å². The monoisotopic (exact) mass is 490 g/mol. The van der Waals surface area contributed by atoms with Crippen molar-refractivity contribution in [3.8, 4) is 11.4 Å². The summed E-state index contributed by atoms with van der Waals surface area (Å²) in [7, 11) is 0. The molecule has 0 saturated carbocycles. The number of pyridine rings is 1. The Morgan fingerprint density at radius 2 is 1.80 bits per heavy atom. The van der Waals surface area contributed by atoms with Gasteiger partial charge in [-0.05, 0) is 62.3 Å². The molecule has 0 atom stereocenters. The van der Waals surface area contributed by atoms with Gasteiger partial charge in [0.1, 0.15) is 5.82 Å². The lowest BCUT2D eigenvalue weighted by Crippen LogP contribution is -2.36. The van der Waals surface area contributed by atoms with Crippen LogP contribution in [-0.2, 0) is 4.74 Å². The number of hydrogen-bond acceptors (Lipinski definition) is 6.